The Morgan fingerprint density at radius 3 is 2.61 bits per heavy atom. The van der Waals surface area contributed by atoms with Gasteiger partial charge in [0.2, 0.25) is 0 Å². The summed E-state index contributed by atoms with van der Waals surface area (Å²) in [6, 6.07) is 13.2. The molecule has 1 unspecified atom stereocenters. The second-order valence-corrected chi connectivity index (χ2v) is 7.72. The van der Waals surface area contributed by atoms with Gasteiger partial charge in [-0.15, -0.1) is 0 Å². The van der Waals surface area contributed by atoms with Crippen LogP contribution in [0.3, 0.4) is 0 Å². The molecular formula is C22H23N3O5S. The minimum atomic E-state index is -0.833. The Morgan fingerprint density at radius 2 is 1.90 bits per heavy atom. The molecule has 0 aliphatic heterocycles. The number of nitrogens with one attached hydrogen (secondary N) is 2. The average molecular weight is 442 g/mol. The van der Waals surface area contributed by atoms with E-state index in [1.165, 1.54) is 11.3 Å². The molecule has 1 atom stereocenters. The first-order valence-electron chi connectivity index (χ1n) is 9.77. The average Bonchev–Trinajstić information content (AvgIpc) is 3.18. The van der Waals surface area contributed by atoms with Crippen molar-refractivity contribution in [1.29, 1.82) is 0 Å². The summed E-state index contributed by atoms with van der Waals surface area (Å²) in [4.78, 5) is 41.3. The van der Waals surface area contributed by atoms with Crippen LogP contribution >= 0.6 is 11.3 Å². The molecule has 2 N–H and O–H groups in total. The summed E-state index contributed by atoms with van der Waals surface area (Å²) in [5.74, 6) is -0.841. The van der Waals surface area contributed by atoms with Gasteiger partial charge in [0.15, 0.2) is 11.7 Å². The quantitative estimate of drug-likeness (QED) is 0.493. The van der Waals surface area contributed by atoms with Crippen molar-refractivity contribution in [3.8, 4) is 5.75 Å². The molecule has 0 radical (unpaired) electrons. The molecule has 1 aromatic heterocycles. The largest absolute Gasteiger partial charge is 0.497 e. The van der Waals surface area contributed by atoms with Gasteiger partial charge in [0.1, 0.15) is 11.8 Å². The van der Waals surface area contributed by atoms with Crippen LogP contribution in [0.2, 0.25) is 0 Å². The van der Waals surface area contributed by atoms with E-state index in [-0.39, 0.29) is 5.91 Å². The maximum absolute atomic E-state index is 12.4. The topological polar surface area (TPSA) is 107 Å². The van der Waals surface area contributed by atoms with Crippen molar-refractivity contribution in [2.24, 2.45) is 0 Å². The summed E-state index contributed by atoms with van der Waals surface area (Å²) in [6.07, 6.45) is 1.06. The fourth-order valence-corrected chi connectivity index (χ4v) is 3.76. The van der Waals surface area contributed by atoms with Crippen molar-refractivity contribution in [2.75, 3.05) is 19.0 Å². The number of fused-ring (bicyclic) bond motifs is 1. The van der Waals surface area contributed by atoms with E-state index in [1.54, 1.807) is 49.6 Å². The zero-order valence-corrected chi connectivity index (χ0v) is 18.0. The summed E-state index contributed by atoms with van der Waals surface area (Å²) in [6.45, 7) is 1.42. The number of anilines is 1. The third kappa shape index (κ3) is 6.02. The summed E-state index contributed by atoms with van der Waals surface area (Å²) in [7, 11) is 1.58. The predicted molar refractivity (Wildman–Crippen MR) is 118 cm³/mol. The Labute approximate surface area is 183 Å². The number of aromatic nitrogens is 1. The number of hydrogen-bond acceptors (Lipinski definition) is 7. The van der Waals surface area contributed by atoms with Crippen LogP contribution in [-0.4, -0.2) is 42.5 Å². The molecule has 2 amide bonds. The van der Waals surface area contributed by atoms with Crippen molar-refractivity contribution in [2.45, 2.75) is 25.8 Å². The third-order valence-corrected chi connectivity index (χ3v) is 5.32. The summed E-state index contributed by atoms with van der Waals surface area (Å²) in [5.41, 5.74) is 1.17. The summed E-state index contributed by atoms with van der Waals surface area (Å²) in [5, 5.41) is 5.69. The highest BCUT2D eigenvalue weighted by Crippen LogP contribution is 2.29. The number of esters is 1. The number of ether oxygens (including phenoxy) is 2. The molecule has 162 valence electrons. The molecule has 0 saturated carbocycles. The number of nitrogens with zero attached hydrogens (tertiary/aromatic N) is 1. The van der Waals surface area contributed by atoms with Crippen LogP contribution in [-0.2, 0) is 14.3 Å². The van der Waals surface area contributed by atoms with Gasteiger partial charge in [-0.2, -0.15) is 0 Å². The van der Waals surface area contributed by atoms with E-state index < -0.39 is 24.5 Å². The number of rotatable bonds is 9. The first-order valence-corrected chi connectivity index (χ1v) is 10.6. The Bertz CT molecular complexity index is 1070. The molecule has 9 heteroatoms. The molecule has 3 rings (SSSR count). The highest BCUT2D eigenvalue weighted by molar-refractivity contribution is 7.22. The zero-order chi connectivity index (χ0) is 22.2. The van der Waals surface area contributed by atoms with Crippen LogP contribution in [0.15, 0.2) is 48.5 Å². The third-order valence-electron chi connectivity index (χ3n) is 4.39. The van der Waals surface area contributed by atoms with Crippen LogP contribution in [0, 0.1) is 0 Å². The molecule has 3 aromatic rings. The van der Waals surface area contributed by atoms with E-state index in [0.29, 0.717) is 29.3 Å². The van der Waals surface area contributed by atoms with Crippen LogP contribution in [0.1, 0.15) is 30.1 Å². The van der Waals surface area contributed by atoms with Crippen LogP contribution < -0.4 is 15.4 Å². The second-order valence-electron chi connectivity index (χ2n) is 6.69. The van der Waals surface area contributed by atoms with Gasteiger partial charge >= 0.3 is 5.97 Å². The number of hydrogen-bond donors (Lipinski definition) is 2. The van der Waals surface area contributed by atoms with E-state index >= 15 is 0 Å². The van der Waals surface area contributed by atoms with Crippen molar-refractivity contribution in [1.82, 2.24) is 10.3 Å². The van der Waals surface area contributed by atoms with Gasteiger partial charge in [-0.05, 0) is 36.8 Å². The fraction of sp³-hybridized carbons (Fsp3) is 0.273. The number of carbonyl (C=O) groups is 3. The van der Waals surface area contributed by atoms with E-state index in [0.717, 1.165) is 10.2 Å². The van der Waals surface area contributed by atoms with Gasteiger partial charge in [0.25, 0.3) is 11.8 Å². The van der Waals surface area contributed by atoms with E-state index in [2.05, 4.69) is 15.6 Å². The molecule has 0 aliphatic carbocycles. The number of methoxy groups -OCH3 is 1. The monoisotopic (exact) mass is 441 g/mol. The van der Waals surface area contributed by atoms with Crippen molar-refractivity contribution >= 4 is 44.5 Å². The van der Waals surface area contributed by atoms with Gasteiger partial charge in [-0.25, -0.2) is 9.78 Å². The molecule has 1 heterocycles. The SMILES string of the molecule is CCCC(NC(=O)c1ccccc1)C(=O)OCC(=O)Nc1nc2ccc(OC)cc2s1. The zero-order valence-electron chi connectivity index (χ0n) is 17.2. The fourth-order valence-electron chi connectivity index (χ4n) is 2.85. The Kier molecular flexibility index (Phi) is 7.55. The van der Waals surface area contributed by atoms with Gasteiger partial charge < -0.3 is 14.8 Å². The summed E-state index contributed by atoms with van der Waals surface area (Å²) < 4.78 is 11.2. The van der Waals surface area contributed by atoms with Crippen LogP contribution in [0.25, 0.3) is 10.2 Å². The van der Waals surface area contributed by atoms with Gasteiger partial charge in [0, 0.05) is 5.56 Å². The lowest BCUT2D eigenvalue weighted by Crippen LogP contribution is -2.42. The maximum Gasteiger partial charge on any atom is 0.329 e. The van der Waals surface area contributed by atoms with Crippen LogP contribution in [0.4, 0.5) is 5.13 Å². The first-order chi connectivity index (χ1) is 15.0. The number of benzene rings is 2. The van der Waals surface area contributed by atoms with Crippen molar-refractivity contribution < 1.29 is 23.9 Å². The molecule has 0 saturated heterocycles. The van der Waals surface area contributed by atoms with Crippen LogP contribution in [0.5, 0.6) is 5.75 Å². The predicted octanol–water partition coefficient (Wildman–Crippen LogP) is 3.39. The Hall–Kier alpha value is -3.46. The highest BCUT2D eigenvalue weighted by atomic mass is 32.1. The highest BCUT2D eigenvalue weighted by Gasteiger charge is 2.23. The molecule has 8 nitrogen and oxygen atoms in total. The summed E-state index contributed by atoms with van der Waals surface area (Å²) >= 11 is 1.29. The molecule has 0 fully saturated rings. The number of thiazole rings is 1. The number of carbonyl (C=O) groups excluding carboxylic acids is 3. The Morgan fingerprint density at radius 1 is 1.13 bits per heavy atom. The molecule has 2 aromatic carbocycles. The molecule has 0 spiro atoms. The second kappa shape index (κ2) is 10.5. The lowest BCUT2D eigenvalue weighted by Gasteiger charge is -2.17. The minimum absolute atomic E-state index is 0.370. The first kappa shape index (κ1) is 22.2. The standard InChI is InChI=1S/C22H23N3O5S/c1-3-7-17(23-20(27)14-8-5-4-6-9-14)21(28)30-13-19(26)25-22-24-16-11-10-15(29-2)12-18(16)31-22/h4-6,8-12,17H,3,7,13H2,1-2H3,(H,23,27)(H,24,25,26). The van der Waals surface area contributed by atoms with Crippen molar-refractivity contribution in [3.05, 3.63) is 54.1 Å². The maximum atomic E-state index is 12.4. The van der Waals surface area contributed by atoms with E-state index in [1.807, 2.05) is 13.0 Å². The lowest BCUT2D eigenvalue weighted by atomic mass is 10.1. The molecular weight excluding hydrogens is 418 g/mol. The Balaban J connectivity index is 1.55. The minimum Gasteiger partial charge on any atom is -0.497 e. The smallest absolute Gasteiger partial charge is 0.329 e. The molecule has 0 aliphatic rings. The van der Waals surface area contributed by atoms with Gasteiger partial charge in [0.05, 0.1) is 17.3 Å². The van der Waals surface area contributed by atoms with E-state index in [9.17, 15) is 14.4 Å². The van der Waals surface area contributed by atoms with Gasteiger partial charge in [-0.1, -0.05) is 42.9 Å². The molecule has 0 bridgehead atoms. The normalized spacial score (nSPS) is 11.5. The van der Waals surface area contributed by atoms with Crippen molar-refractivity contribution in [3.63, 3.8) is 0 Å². The van der Waals surface area contributed by atoms with Gasteiger partial charge in [-0.3, -0.25) is 14.9 Å². The lowest BCUT2D eigenvalue weighted by molar-refractivity contribution is -0.149. The van der Waals surface area contributed by atoms with E-state index in [4.69, 9.17) is 9.47 Å². The molecule has 31 heavy (non-hydrogen) atoms. The number of amides is 2.